The van der Waals surface area contributed by atoms with Crippen LogP contribution in [0.1, 0.15) is 11.3 Å². The molecule has 2 nitrogen and oxygen atoms in total. The van der Waals surface area contributed by atoms with Gasteiger partial charge in [-0.05, 0) is 6.07 Å². The van der Waals surface area contributed by atoms with Crippen LogP contribution < -0.4 is 4.57 Å². The van der Waals surface area contributed by atoms with Crippen LogP contribution in [0.3, 0.4) is 0 Å². The van der Waals surface area contributed by atoms with Gasteiger partial charge in [-0.15, -0.1) is 0 Å². The van der Waals surface area contributed by atoms with Crippen molar-refractivity contribution >= 4 is 0 Å². The normalized spacial score (nSPS) is 10.1. The molecule has 0 bridgehead atoms. The Bertz CT molecular complexity index is 245. The molecule has 0 saturated heterocycles. The minimum absolute atomic E-state index is 0.227. The highest BCUT2D eigenvalue weighted by molar-refractivity contribution is 5.14. The van der Waals surface area contributed by atoms with Crippen molar-refractivity contribution in [3.8, 4) is 0 Å². The van der Waals surface area contributed by atoms with Crippen LogP contribution in [0.2, 0.25) is 0 Å². The van der Waals surface area contributed by atoms with Gasteiger partial charge in [0.2, 0.25) is 0 Å². The Labute approximate surface area is 67.1 Å². The zero-order valence-corrected chi connectivity index (χ0v) is 7.04. The predicted octanol–water partition coefficient (Wildman–Crippen LogP) is 0.354. The van der Waals surface area contributed by atoms with E-state index < -0.39 is 0 Å². The second-order valence-electron chi connectivity index (χ2n) is 2.70. The van der Waals surface area contributed by atoms with Gasteiger partial charge in [-0.2, -0.15) is 0 Å². The summed E-state index contributed by atoms with van der Waals surface area (Å²) in [5, 5.41) is 8.73. The van der Waals surface area contributed by atoms with E-state index in [1.54, 1.807) is 0 Å². The van der Waals surface area contributed by atoms with Gasteiger partial charge in [0, 0.05) is 31.6 Å². The van der Waals surface area contributed by atoms with Crippen molar-refractivity contribution in [1.82, 2.24) is 0 Å². The molecule has 1 N–H and O–H groups in total. The van der Waals surface area contributed by atoms with Gasteiger partial charge in [0.15, 0.2) is 11.9 Å². The van der Waals surface area contributed by atoms with Crippen molar-refractivity contribution in [2.45, 2.75) is 13.3 Å². The van der Waals surface area contributed by atoms with E-state index in [0.29, 0.717) is 0 Å². The molecule has 0 amide bonds. The van der Waals surface area contributed by atoms with Gasteiger partial charge in [0.05, 0.1) is 0 Å². The van der Waals surface area contributed by atoms with Crippen molar-refractivity contribution in [3.63, 3.8) is 0 Å². The summed E-state index contributed by atoms with van der Waals surface area (Å²) in [4.78, 5) is 0. The van der Waals surface area contributed by atoms with Crippen LogP contribution in [-0.4, -0.2) is 11.7 Å². The Morgan fingerprint density at radius 2 is 2.27 bits per heavy atom. The van der Waals surface area contributed by atoms with Gasteiger partial charge in [-0.25, -0.2) is 4.57 Å². The number of rotatable bonds is 2. The lowest BCUT2D eigenvalue weighted by Gasteiger charge is -1.99. The molecule has 1 rings (SSSR count). The topological polar surface area (TPSA) is 24.1 Å². The van der Waals surface area contributed by atoms with E-state index in [1.165, 1.54) is 11.3 Å². The minimum Gasteiger partial charge on any atom is -0.396 e. The Balaban J connectivity index is 2.96. The van der Waals surface area contributed by atoms with Crippen molar-refractivity contribution in [1.29, 1.82) is 0 Å². The third kappa shape index (κ3) is 1.77. The SMILES string of the molecule is Cc1c(CCO)ccc[n+]1C. The van der Waals surface area contributed by atoms with E-state index in [2.05, 4.69) is 11.5 Å². The first-order valence-corrected chi connectivity index (χ1v) is 3.80. The van der Waals surface area contributed by atoms with Crippen molar-refractivity contribution in [2.75, 3.05) is 6.61 Å². The maximum absolute atomic E-state index is 8.73. The fraction of sp³-hybridized carbons (Fsp3) is 0.444. The minimum atomic E-state index is 0.227. The number of hydrogen-bond donors (Lipinski definition) is 1. The summed E-state index contributed by atoms with van der Waals surface area (Å²) in [5.74, 6) is 0. The molecule has 11 heavy (non-hydrogen) atoms. The third-order valence-electron chi connectivity index (χ3n) is 1.98. The highest BCUT2D eigenvalue weighted by Crippen LogP contribution is 2.01. The molecule has 0 saturated carbocycles. The maximum atomic E-state index is 8.73. The number of aliphatic hydroxyl groups is 1. The molecule has 0 aliphatic heterocycles. The Kier molecular flexibility index (Phi) is 2.60. The monoisotopic (exact) mass is 152 g/mol. The number of aryl methyl sites for hydroxylation is 1. The van der Waals surface area contributed by atoms with E-state index in [-0.39, 0.29) is 6.61 Å². The molecule has 1 aromatic rings. The van der Waals surface area contributed by atoms with E-state index >= 15 is 0 Å². The van der Waals surface area contributed by atoms with Crippen molar-refractivity contribution < 1.29 is 9.67 Å². The summed E-state index contributed by atoms with van der Waals surface area (Å²) in [6, 6.07) is 4.05. The zero-order valence-electron chi connectivity index (χ0n) is 7.04. The summed E-state index contributed by atoms with van der Waals surface area (Å²) in [5.41, 5.74) is 2.44. The molecule has 2 heteroatoms. The molecular weight excluding hydrogens is 138 g/mol. The summed E-state index contributed by atoms with van der Waals surface area (Å²) in [6.07, 6.45) is 2.76. The maximum Gasteiger partial charge on any atom is 0.181 e. The van der Waals surface area contributed by atoms with Crippen LogP contribution in [0.15, 0.2) is 18.3 Å². The smallest absolute Gasteiger partial charge is 0.181 e. The van der Waals surface area contributed by atoms with Crippen LogP contribution in [-0.2, 0) is 13.5 Å². The Morgan fingerprint density at radius 1 is 1.55 bits per heavy atom. The summed E-state index contributed by atoms with van der Waals surface area (Å²) < 4.78 is 2.06. The number of nitrogens with zero attached hydrogens (tertiary/aromatic N) is 1. The van der Waals surface area contributed by atoms with E-state index in [4.69, 9.17) is 5.11 Å². The average Bonchev–Trinajstić information content (AvgIpc) is 1.99. The van der Waals surface area contributed by atoms with Crippen molar-refractivity contribution in [2.24, 2.45) is 7.05 Å². The standard InChI is InChI=1S/C9H14NO/c1-8-9(5-7-11)4-3-6-10(8)2/h3-4,6,11H,5,7H2,1-2H3/q+1. The number of aliphatic hydroxyl groups excluding tert-OH is 1. The lowest BCUT2D eigenvalue weighted by Crippen LogP contribution is -2.32. The van der Waals surface area contributed by atoms with Gasteiger partial charge in [0.1, 0.15) is 7.05 Å². The molecule has 1 aromatic heterocycles. The van der Waals surface area contributed by atoms with Crippen LogP contribution in [0.4, 0.5) is 0 Å². The zero-order chi connectivity index (χ0) is 8.27. The Morgan fingerprint density at radius 3 is 2.91 bits per heavy atom. The predicted molar refractivity (Wildman–Crippen MR) is 43.1 cm³/mol. The van der Waals surface area contributed by atoms with Gasteiger partial charge in [-0.1, -0.05) is 0 Å². The van der Waals surface area contributed by atoms with Gasteiger partial charge in [-0.3, -0.25) is 0 Å². The average molecular weight is 152 g/mol. The van der Waals surface area contributed by atoms with Crippen LogP contribution in [0.5, 0.6) is 0 Å². The van der Waals surface area contributed by atoms with Gasteiger partial charge < -0.3 is 5.11 Å². The number of aromatic nitrogens is 1. The van der Waals surface area contributed by atoms with Gasteiger partial charge in [0.25, 0.3) is 0 Å². The van der Waals surface area contributed by atoms with Crippen LogP contribution in [0.25, 0.3) is 0 Å². The fourth-order valence-electron chi connectivity index (χ4n) is 1.13. The van der Waals surface area contributed by atoms with Gasteiger partial charge >= 0.3 is 0 Å². The van der Waals surface area contributed by atoms with E-state index in [9.17, 15) is 0 Å². The fourth-order valence-corrected chi connectivity index (χ4v) is 1.13. The molecule has 0 unspecified atom stereocenters. The second-order valence-corrected chi connectivity index (χ2v) is 2.70. The summed E-state index contributed by atoms with van der Waals surface area (Å²) >= 11 is 0. The van der Waals surface area contributed by atoms with Crippen molar-refractivity contribution in [3.05, 3.63) is 29.6 Å². The molecule has 0 aromatic carbocycles. The first-order chi connectivity index (χ1) is 5.25. The lowest BCUT2D eigenvalue weighted by atomic mass is 10.1. The first kappa shape index (κ1) is 8.21. The van der Waals surface area contributed by atoms with E-state index in [0.717, 1.165) is 6.42 Å². The Hall–Kier alpha value is -0.890. The molecular formula is C9H14NO+. The summed E-state index contributed by atoms with van der Waals surface area (Å²) in [6.45, 7) is 2.29. The molecule has 1 heterocycles. The molecule has 60 valence electrons. The number of pyridine rings is 1. The molecule has 0 aliphatic carbocycles. The summed E-state index contributed by atoms with van der Waals surface area (Å²) in [7, 11) is 2.01. The second kappa shape index (κ2) is 3.49. The van der Waals surface area contributed by atoms with E-state index in [1.807, 2.05) is 25.4 Å². The first-order valence-electron chi connectivity index (χ1n) is 3.80. The molecule has 0 aliphatic rings. The third-order valence-corrected chi connectivity index (χ3v) is 1.98. The van der Waals surface area contributed by atoms with Crippen LogP contribution >= 0.6 is 0 Å². The molecule has 0 fully saturated rings. The number of hydrogen-bond acceptors (Lipinski definition) is 1. The molecule has 0 radical (unpaired) electrons. The highest BCUT2D eigenvalue weighted by Gasteiger charge is 2.04. The molecule has 0 spiro atoms. The highest BCUT2D eigenvalue weighted by atomic mass is 16.2. The largest absolute Gasteiger partial charge is 0.396 e. The lowest BCUT2D eigenvalue weighted by molar-refractivity contribution is -0.678. The molecule has 0 atom stereocenters. The van der Waals surface area contributed by atoms with Crippen LogP contribution in [0, 0.1) is 6.92 Å². The quantitative estimate of drug-likeness (QED) is 0.608.